The van der Waals surface area contributed by atoms with Crippen LogP contribution in [0.3, 0.4) is 0 Å². The van der Waals surface area contributed by atoms with Gasteiger partial charge >= 0.3 is 0 Å². The maximum absolute atomic E-state index is 13.2. The first-order valence-electron chi connectivity index (χ1n) is 9.47. The van der Waals surface area contributed by atoms with Gasteiger partial charge < -0.3 is 5.32 Å². The molecule has 0 bridgehead atoms. The lowest BCUT2D eigenvalue weighted by molar-refractivity contribution is 0.603. The van der Waals surface area contributed by atoms with Crippen molar-refractivity contribution in [1.82, 2.24) is 0 Å². The largest absolute Gasteiger partial charge is 0.348 e. The van der Waals surface area contributed by atoms with Crippen LogP contribution in [-0.4, -0.2) is 8.42 Å². The van der Waals surface area contributed by atoms with E-state index in [4.69, 9.17) is 0 Å². The van der Waals surface area contributed by atoms with Gasteiger partial charge in [0.2, 0.25) is 9.84 Å². The Morgan fingerprint density at radius 2 is 1.71 bits per heavy atom. The van der Waals surface area contributed by atoms with Gasteiger partial charge in [0.05, 0.1) is 4.90 Å². The fraction of sp³-hybridized carbons (Fsp3) is 0.125. The molecule has 0 radical (unpaired) electrons. The normalized spacial score (nSPS) is 12.1. The first-order chi connectivity index (χ1) is 14.8. The Balaban J connectivity index is 2.05. The van der Waals surface area contributed by atoms with Crippen molar-refractivity contribution in [2.45, 2.75) is 24.5 Å². The van der Waals surface area contributed by atoms with Crippen molar-refractivity contribution < 1.29 is 12.8 Å². The van der Waals surface area contributed by atoms with Crippen molar-refractivity contribution in [1.29, 1.82) is 5.26 Å². The first-order valence-corrected chi connectivity index (χ1v) is 11.9. The van der Waals surface area contributed by atoms with Crippen molar-refractivity contribution in [3.8, 4) is 6.07 Å². The highest BCUT2D eigenvalue weighted by Crippen LogP contribution is 2.32. The topological polar surface area (TPSA) is 70.0 Å². The molecule has 0 heterocycles. The summed E-state index contributed by atoms with van der Waals surface area (Å²) >= 11 is 1.19. The van der Waals surface area contributed by atoms with E-state index >= 15 is 0 Å². The average Bonchev–Trinajstić information content (AvgIpc) is 2.75. The quantitative estimate of drug-likeness (QED) is 0.448. The number of halogens is 1. The van der Waals surface area contributed by atoms with Gasteiger partial charge in [-0.3, -0.25) is 0 Å². The summed E-state index contributed by atoms with van der Waals surface area (Å²) < 4.78 is 39.6. The Morgan fingerprint density at radius 3 is 2.32 bits per heavy atom. The molecule has 0 aromatic heterocycles. The maximum atomic E-state index is 13.2. The van der Waals surface area contributed by atoms with Crippen molar-refractivity contribution in [2.24, 2.45) is 0 Å². The molecule has 0 saturated carbocycles. The van der Waals surface area contributed by atoms with Crippen LogP contribution in [0, 0.1) is 31.0 Å². The van der Waals surface area contributed by atoms with Crippen LogP contribution in [0.4, 0.5) is 10.1 Å². The molecule has 7 heteroatoms. The van der Waals surface area contributed by atoms with Gasteiger partial charge in [-0.2, -0.15) is 5.26 Å². The van der Waals surface area contributed by atoms with Gasteiger partial charge in [-0.25, -0.2) is 12.8 Å². The number of sulfone groups is 1. The zero-order chi connectivity index (χ0) is 22.4. The van der Waals surface area contributed by atoms with Crippen molar-refractivity contribution in [3.63, 3.8) is 0 Å². The second-order valence-electron chi connectivity index (χ2n) is 6.95. The predicted octanol–water partition coefficient (Wildman–Crippen LogP) is 5.95. The van der Waals surface area contributed by atoms with Crippen LogP contribution < -0.4 is 5.32 Å². The second kappa shape index (κ2) is 9.82. The zero-order valence-corrected chi connectivity index (χ0v) is 18.7. The van der Waals surface area contributed by atoms with E-state index in [0.717, 1.165) is 16.7 Å². The predicted molar refractivity (Wildman–Crippen MR) is 124 cm³/mol. The highest BCUT2D eigenvalue weighted by molar-refractivity contribution is 8.04. The lowest BCUT2D eigenvalue weighted by Crippen LogP contribution is -2.10. The molecule has 1 N–H and O–H groups in total. The minimum Gasteiger partial charge on any atom is -0.348 e. The van der Waals surface area contributed by atoms with Crippen LogP contribution in [0.5, 0.6) is 0 Å². The SMILES string of the molecule is Cc1ccc(N/C(SCc2ccc(F)cc2)=C(/C#N)S(=O)(=O)c2ccccc2)c(C)c1. The Morgan fingerprint density at radius 1 is 1.03 bits per heavy atom. The monoisotopic (exact) mass is 452 g/mol. The number of aryl methyl sites for hydroxylation is 2. The average molecular weight is 453 g/mol. The number of hydrogen-bond donors (Lipinski definition) is 1. The van der Waals surface area contributed by atoms with E-state index in [0.29, 0.717) is 11.4 Å². The van der Waals surface area contributed by atoms with Gasteiger partial charge in [0, 0.05) is 11.4 Å². The van der Waals surface area contributed by atoms with Gasteiger partial charge in [0.25, 0.3) is 0 Å². The number of thioether (sulfide) groups is 1. The maximum Gasteiger partial charge on any atom is 0.219 e. The number of anilines is 1. The van der Waals surface area contributed by atoms with E-state index in [1.54, 1.807) is 30.3 Å². The van der Waals surface area contributed by atoms with Crippen LogP contribution in [0.1, 0.15) is 16.7 Å². The molecule has 3 aromatic carbocycles. The van der Waals surface area contributed by atoms with E-state index in [1.165, 1.54) is 36.0 Å². The van der Waals surface area contributed by atoms with Crippen molar-refractivity contribution in [2.75, 3.05) is 5.32 Å². The molecule has 0 spiro atoms. The molecule has 0 aliphatic heterocycles. The molecule has 3 rings (SSSR count). The zero-order valence-electron chi connectivity index (χ0n) is 17.1. The summed E-state index contributed by atoms with van der Waals surface area (Å²) in [6, 6.07) is 21.5. The van der Waals surface area contributed by atoms with Crippen molar-refractivity contribution >= 4 is 27.3 Å². The third-order valence-electron chi connectivity index (χ3n) is 4.56. The molecule has 0 fully saturated rings. The van der Waals surface area contributed by atoms with Gasteiger partial charge in [-0.1, -0.05) is 48.0 Å². The molecule has 4 nitrogen and oxygen atoms in total. The molecule has 0 unspecified atom stereocenters. The van der Waals surface area contributed by atoms with E-state index in [9.17, 15) is 18.1 Å². The van der Waals surface area contributed by atoms with Crippen LogP contribution >= 0.6 is 11.8 Å². The summed E-state index contributed by atoms with van der Waals surface area (Å²) in [6.07, 6.45) is 0. The molecule has 0 saturated heterocycles. The highest BCUT2D eigenvalue weighted by Gasteiger charge is 2.25. The summed E-state index contributed by atoms with van der Waals surface area (Å²) in [7, 11) is -4.03. The molecular formula is C24H21FN2O2S2. The van der Waals surface area contributed by atoms with Gasteiger partial charge in [0.1, 0.15) is 16.9 Å². The molecule has 158 valence electrons. The molecule has 0 aliphatic carbocycles. The Bertz CT molecular complexity index is 1250. The van der Waals surface area contributed by atoms with E-state index in [1.807, 2.05) is 38.1 Å². The van der Waals surface area contributed by atoms with Crippen LogP contribution in [0.2, 0.25) is 0 Å². The third kappa shape index (κ3) is 5.54. The number of hydrogen-bond acceptors (Lipinski definition) is 5. The minimum atomic E-state index is -4.03. The molecule has 0 aliphatic rings. The third-order valence-corrected chi connectivity index (χ3v) is 7.48. The number of allylic oxidation sites excluding steroid dienone is 1. The molecular weight excluding hydrogens is 431 g/mol. The van der Waals surface area contributed by atoms with Gasteiger partial charge in [-0.15, -0.1) is 11.8 Å². The molecule has 31 heavy (non-hydrogen) atoms. The number of nitriles is 1. The van der Waals surface area contributed by atoms with E-state index in [-0.39, 0.29) is 20.6 Å². The highest BCUT2D eigenvalue weighted by atomic mass is 32.2. The molecule has 0 atom stereocenters. The summed E-state index contributed by atoms with van der Waals surface area (Å²) in [5, 5.41) is 13.2. The Labute approximate surface area is 186 Å². The van der Waals surface area contributed by atoms with Crippen LogP contribution in [-0.2, 0) is 15.6 Å². The lowest BCUT2D eigenvalue weighted by atomic mass is 10.1. The fourth-order valence-electron chi connectivity index (χ4n) is 2.92. The number of benzene rings is 3. The smallest absolute Gasteiger partial charge is 0.219 e. The first kappa shape index (κ1) is 22.6. The molecule has 0 amide bonds. The van der Waals surface area contributed by atoms with Gasteiger partial charge in [-0.05, 0) is 55.3 Å². The van der Waals surface area contributed by atoms with E-state index < -0.39 is 9.84 Å². The second-order valence-corrected chi connectivity index (χ2v) is 9.82. The summed E-state index contributed by atoms with van der Waals surface area (Å²) in [5.41, 5.74) is 3.52. The van der Waals surface area contributed by atoms with Crippen LogP contribution in [0.25, 0.3) is 0 Å². The van der Waals surface area contributed by atoms with E-state index in [2.05, 4.69) is 5.32 Å². The fourth-order valence-corrected chi connectivity index (χ4v) is 5.46. The Kier molecular flexibility index (Phi) is 7.16. The summed E-state index contributed by atoms with van der Waals surface area (Å²) in [5.74, 6) is 0.0190. The van der Waals surface area contributed by atoms with Crippen LogP contribution in [0.15, 0.2) is 87.6 Å². The number of rotatable bonds is 7. The Hall–Kier alpha value is -3.08. The summed E-state index contributed by atoms with van der Waals surface area (Å²) in [4.78, 5) is -0.306. The number of nitrogens with one attached hydrogen (secondary N) is 1. The minimum absolute atomic E-state index is 0.0499. The lowest BCUT2D eigenvalue weighted by Gasteiger charge is -2.16. The summed E-state index contributed by atoms with van der Waals surface area (Å²) in [6.45, 7) is 3.88. The van der Waals surface area contributed by atoms with Crippen molar-refractivity contribution in [3.05, 3.63) is 105 Å². The number of nitrogens with zero attached hydrogens (tertiary/aromatic N) is 1. The molecule has 3 aromatic rings. The van der Waals surface area contributed by atoms with Gasteiger partial charge in [0.15, 0.2) is 4.91 Å². The standard InChI is InChI=1S/C24H21FN2O2S2/c1-17-8-13-22(18(2)14-17)27-24(30-16-19-9-11-20(25)12-10-19)23(15-26)31(28,29)21-6-4-3-5-7-21/h3-14,27H,16H2,1-2H3/b24-23+.